The molecule has 0 radical (unpaired) electrons. The summed E-state index contributed by atoms with van der Waals surface area (Å²) in [7, 11) is 0. The van der Waals surface area contributed by atoms with Gasteiger partial charge in [0.25, 0.3) is 11.8 Å². The highest BCUT2D eigenvalue weighted by Gasteiger charge is 2.56. The molecule has 5 rings (SSSR count). The summed E-state index contributed by atoms with van der Waals surface area (Å²) in [4.78, 5) is 42.9. The molecular weight excluding hydrogens is 461 g/mol. The molecular formula is C28H32FN3O4. The van der Waals surface area contributed by atoms with E-state index in [0.29, 0.717) is 50.6 Å². The van der Waals surface area contributed by atoms with Crippen LogP contribution >= 0.6 is 0 Å². The zero-order valence-electron chi connectivity index (χ0n) is 20.5. The lowest BCUT2D eigenvalue weighted by Crippen LogP contribution is -2.58. The number of carbonyl (C=O) groups is 3. The lowest BCUT2D eigenvalue weighted by Gasteiger charge is -2.41. The number of hydrogen-bond donors (Lipinski definition) is 1. The monoisotopic (exact) mass is 493 g/mol. The molecule has 0 aromatic heterocycles. The zero-order valence-corrected chi connectivity index (χ0v) is 20.5. The number of piperidine rings is 1. The van der Waals surface area contributed by atoms with Gasteiger partial charge in [-0.25, -0.2) is 9.18 Å². The summed E-state index contributed by atoms with van der Waals surface area (Å²) in [5.41, 5.74) is -0.299. The third-order valence-electron chi connectivity index (χ3n) is 7.64. The van der Waals surface area contributed by atoms with Gasteiger partial charge in [0.05, 0.1) is 0 Å². The maximum absolute atomic E-state index is 13.8. The Hall–Kier alpha value is -3.42. The molecule has 1 aliphatic carbocycles. The molecule has 8 heteroatoms. The highest BCUT2D eigenvalue weighted by atomic mass is 19.1. The molecule has 3 fully saturated rings. The minimum absolute atomic E-state index is 0.0953. The molecule has 2 aromatic rings. The van der Waals surface area contributed by atoms with Crippen LogP contribution in [0.5, 0.6) is 5.75 Å². The number of rotatable bonds is 8. The van der Waals surface area contributed by atoms with E-state index in [4.69, 9.17) is 4.74 Å². The number of halogens is 1. The third kappa shape index (κ3) is 4.94. The van der Waals surface area contributed by atoms with E-state index in [9.17, 15) is 18.8 Å². The second kappa shape index (κ2) is 9.91. The first kappa shape index (κ1) is 24.3. The van der Waals surface area contributed by atoms with Crippen LogP contribution in [0.3, 0.4) is 0 Å². The quantitative estimate of drug-likeness (QED) is 0.568. The van der Waals surface area contributed by atoms with Gasteiger partial charge in [0, 0.05) is 26.1 Å². The van der Waals surface area contributed by atoms with Gasteiger partial charge in [-0.15, -0.1) is 0 Å². The number of imide groups is 1. The first-order valence-electron chi connectivity index (χ1n) is 12.7. The molecule has 1 saturated carbocycles. The van der Waals surface area contributed by atoms with Gasteiger partial charge in [-0.3, -0.25) is 14.5 Å². The molecule has 2 aromatic carbocycles. The van der Waals surface area contributed by atoms with Gasteiger partial charge in [0.1, 0.15) is 17.1 Å². The average Bonchev–Trinajstić information content (AvgIpc) is 3.68. The molecule has 36 heavy (non-hydrogen) atoms. The van der Waals surface area contributed by atoms with E-state index in [1.165, 1.54) is 17.0 Å². The highest BCUT2D eigenvalue weighted by molar-refractivity contribution is 6.07. The van der Waals surface area contributed by atoms with E-state index in [0.717, 1.165) is 18.4 Å². The van der Waals surface area contributed by atoms with E-state index in [1.54, 1.807) is 24.0 Å². The van der Waals surface area contributed by atoms with Crippen LogP contribution in [0.15, 0.2) is 54.6 Å². The molecule has 2 heterocycles. The van der Waals surface area contributed by atoms with Gasteiger partial charge in [-0.05, 0) is 74.3 Å². The Morgan fingerprint density at radius 2 is 1.72 bits per heavy atom. The molecule has 4 amide bonds. The van der Waals surface area contributed by atoms with Crippen molar-refractivity contribution in [1.82, 2.24) is 15.1 Å². The Balaban J connectivity index is 1.30. The Labute approximate surface area is 210 Å². The van der Waals surface area contributed by atoms with E-state index in [-0.39, 0.29) is 29.6 Å². The molecule has 0 spiro atoms. The minimum atomic E-state index is -1.09. The Bertz CT molecular complexity index is 1110. The molecule has 1 N–H and O–H groups in total. The number of nitrogens with one attached hydrogen (secondary N) is 1. The molecule has 2 atom stereocenters. The molecule has 2 saturated heterocycles. The molecule has 0 bridgehead atoms. The maximum Gasteiger partial charge on any atom is 0.325 e. The number of ether oxygens (including phenoxy) is 1. The van der Waals surface area contributed by atoms with Crippen molar-refractivity contribution >= 4 is 17.8 Å². The van der Waals surface area contributed by atoms with E-state index >= 15 is 0 Å². The van der Waals surface area contributed by atoms with Crippen LogP contribution in [0.25, 0.3) is 0 Å². The molecule has 2 unspecified atom stereocenters. The van der Waals surface area contributed by atoms with Crippen molar-refractivity contribution in [1.29, 1.82) is 0 Å². The standard InChI is InChI=1S/C28H32FN3O4/c1-19(36-24-5-3-2-4-6-24)25(33)31-15-13-22(14-16-31)28(17-20-9-11-23(29)12-10-20)26(34)32(27(35)30-28)18-21-7-8-21/h2-6,9-12,19,21-22H,7-8,13-18H2,1H3,(H,30,35). The Morgan fingerprint density at radius 3 is 2.36 bits per heavy atom. The van der Waals surface area contributed by atoms with Crippen molar-refractivity contribution in [2.45, 2.75) is 50.7 Å². The smallest absolute Gasteiger partial charge is 0.325 e. The molecule has 3 aliphatic rings. The number of urea groups is 1. The highest BCUT2D eigenvalue weighted by Crippen LogP contribution is 2.39. The minimum Gasteiger partial charge on any atom is -0.481 e. The Kier molecular flexibility index (Phi) is 6.69. The van der Waals surface area contributed by atoms with E-state index in [1.807, 2.05) is 30.3 Å². The maximum atomic E-state index is 13.8. The summed E-state index contributed by atoms with van der Waals surface area (Å²) in [5.74, 6) is 0.242. The largest absolute Gasteiger partial charge is 0.481 e. The first-order valence-corrected chi connectivity index (χ1v) is 12.7. The number of benzene rings is 2. The molecule has 2 aliphatic heterocycles. The second-order valence-corrected chi connectivity index (χ2v) is 10.2. The second-order valence-electron chi connectivity index (χ2n) is 10.2. The normalized spacial score (nSPS) is 23.5. The van der Waals surface area contributed by atoms with Gasteiger partial charge < -0.3 is 15.0 Å². The lowest BCUT2D eigenvalue weighted by atomic mass is 9.73. The molecule has 190 valence electrons. The third-order valence-corrected chi connectivity index (χ3v) is 7.64. The summed E-state index contributed by atoms with van der Waals surface area (Å²) in [6, 6.07) is 15.0. The predicted octanol–water partition coefficient (Wildman–Crippen LogP) is 3.77. The topological polar surface area (TPSA) is 79.0 Å². The van der Waals surface area contributed by atoms with Crippen LogP contribution in [-0.4, -0.2) is 58.9 Å². The Morgan fingerprint density at radius 1 is 1.06 bits per heavy atom. The van der Waals surface area contributed by atoms with Crippen LogP contribution in [0.1, 0.15) is 38.2 Å². The van der Waals surface area contributed by atoms with Gasteiger partial charge in [-0.1, -0.05) is 30.3 Å². The number of hydrogen-bond acceptors (Lipinski definition) is 4. The van der Waals surface area contributed by atoms with Crippen molar-refractivity contribution < 1.29 is 23.5 Å². The van der Waals surface area contributed by atoms with E-state index < -0.39 is 11.6 Å². The van der Waals surface area contributed by atoms with Crippen molar-refractivity contribution in [2.24, 2.45) is 11.8 Å². The predicted molar refractivity (Wildman–Crippen MR) is 132 cm³/mol. The van der Waals surface area contributed by atoms with Crippen molar-refractivity contribution in [2.75, 3.05) is 19.6 Å². The van der Waals surface area contributed by atoms with E-state index in [2.05, 4.69) is 5.32 Å². The van der Waals surface area contributed by atoms with Crippen LogP contribution in [0.4, 0.5) is 9.18 Å². The fourth-order valence-corrected chi connectivity index (χ4v) is 5.44. The van der Waals surface area contributed by atoms with Crippen LogP contribution in [0.2, 0.25) is 0 Å². The van der Waals surface area contributed by atoms with Crippen molar-refractivity contribution in [3.05, 3.63) is 66.0 Å². The van der Waals surface area contributed by atoms with Crippen LogP contribution in [0, 0.1) is 17.7 Å². The fraction of sp³-hybridized carbons (Fsp3) is 0.464. The van der Waals surface area contributed by atoms with Crippen molar-refractivity contribution in [3.63, 3.8) is 0 Å². The van der Waals surface area contributed by atoms with Gasteiger partial charge >= 0.3 is 6.03 Å². The van der Waals surface area contributed by atoms with Gasteiger partial charge in [0.15, 0.2) is 6.10 Å². The lowest BCUT2D eigenvalue weighted by molar-refractivity contribution is -0.140. The fourth-order valence-electron chi connectivity index (χ4n) is 5.44. The summed E-state index contributed by atoms with van der Waals surface area (Å²) in [6.07, 6.45) is 2.89. The van der Waals surface area contributed by atoms with Gasteiger partial charge in [0.2, 0.25) is 0 Å². The average molecular weight is 494 g/mol. The first-order chi connectivity index (χ1) is 17.4. The van der Waals surface area contributed by atoms with Gasteiger partial charge in [-0.2, -0.15) is 0 Å². The number of carbonyl (C=O) groups excluding carboxylic acids is 3. The number of nitrogens with zero attached hydrogens (tertiary/aromatic N) is 2. The molecule has 7 nitrogen and oxygen atoms in total. The summed E-state index contributed by atoms with van der Waals surface area (Å²) < 4.78 is 19.3. The number of likely N-dealkylation sites (tertiary alicyclic amines) is 1. The zero-order chi connectivity index (χ0) is 25.3. The summed E-state index contributed by atoms with van der Waals surface area (Å²) >= 11 is 0. The van der Waals surface area contributed by atoms with Crippen LogP contribution in [-0.2, 0) is 16.0 Å². The van der Waals surface area contributed by atoms with Crippen LogP contribution < -0.4 is 10.1 Å². The number of para-hydroxylation sites is 1. The number of amides is 4. The van der Waals surface area contributed by atoms with Crippen molar-refractivity contribution in [3.8, 4) is 5.75 Å². The SMILES string of the molecule is CC(Oc1ccccc1)C(=O)N1CCC(C2(Cc3ccc(F)cc3)NC(=O)N(CC3CC3)C2=O)CC1. The summed E-state index contributed by atoms with van der Waals surface area (Å²) in [5, 5.41) is 3.05. The summed E-state index contributed by atoms with van der Waals surface area (Å²) in [6.45, 7) is 3.14.